The van der Waals surface area contributed by atoms with Crippen molar-refractivity contribution in [2.75, 3.05) is 0 Å². The number of nitrogens with zero attached hydrogens (tertiary/aromatic N) is 5. The highest BCUT2D eigenvalue weighted by atomic mass is 15.0. The molecule has 0 amide bonds. The molecule has 0 saturated carbocycles. The standard InChI is InChI=1S/C61H41N5/c1-61(2)52-27-14-12-23-45(52)46-34-33-42(35-53(46)61)60-64-58(40-19-8-4-9-20-40)63-59(65-60)41-31-29-38(30-32-41)44-25-16-26-48-49-37-55-50(36-51(49)56(62-57(44)48)39-17-6-3-7-18-39)47-24-13-15-28-54(47)66(55)43-21-10-5-11-22-43/h3-37H,1-2H3. The van der Waals surface area contributed by atoms with E-state index in [1.54, 1.807) is 0 Å². The molecule has 1 aliphatic rings. The summed E-state index contributed by atoms with van der Waals surface area (Å²) in [5, 5.41) is 5.81. The Morgan fingerprint density at radius 3 is 1.65 bits per heavy atom. The van der Waals surface area contributed by atoms with Crippen molar-refractivity contribution < 1.29 is 0 Å². The zero-order valence-electron chi connectivity index (χ0n) is 36.4. The van der Waals surface area contributed by atoms with Crippen molar-refractivity contribution in [2.24, 2.45) is 0 Å². The zero-order valence-corrected chi connectivity index (χ0v) is 36.4. The minimum atomic E-state index is -0.144. The molecule has 3 aromatic heterocycles. The average molecular weight is 844 g/mol. The monoisotopic (exact) mass is 843 g/mol. The minimum Gasteiger partial charge on any atom is -0.309 e. The third-order valence-electron chi connectivity index (χ3n) is 13.6. The molecule has 0 atom stereocenters. The number of benzene rings is 9. The first-order valence-electron chi connectivity index (χ1n) is 22.6. The van der Waals surface area contributed by atoms with Crippen molar-refractivity contribution >= 4 is 43.5 Å². The molecule has 0 aliphatic heterocycles. The van der Waals surface area contributed by atoms with Crippen LogP contribution in [-0.4, -0.2) is 24.5 Å². The van der Waals surface area contributed by atoms with Gasteiger partial charge in [-0.3, -0.25) is 0 Å². The van der Waals surface area contributed by atoms with Crippen LogP contribution in [0.15, 0.2) is 212 Å². The van der Waals surface area contributed by atoms with Crippen molar-refractivity contribution in [3.8, 4) is 73.4 Å². The molecular formula is C61H41N5. The van der Waals surface area contributed by atoms with Gasteiger partial charge in [0.1, 0.15) is 0 Å². The fourth-order valence-corrected chi connectivity index (χ4v) is 10.4. The summed E-state index contributed by atoms with van der Waals surface area (Å²) in [6, 6.07) is 75.4. The van der Waals surface area contributed by atoms with Crippen LogP contribution in [0.2, 0.25) is 0 Å². The first-order chi connectivity index (χ1) is 32.5. The number of hydrogen-bond donors (Lipinski definition) is 0. The van der Waals surface area contributed by atoms with Crippen molar-refractivity contribution in [2.45, 2.75) is 19.3 Å². The molecule has 66 heavy (non-hydrogen) atoms. The smallest absolute Gasteiger partial charge is 0.164 e. The molecular weight excluding hydrogens is 803 g/mol. The Bertz CT molecular complexity index is 3870. The minimum absolute atomic E-state index is 0.144. The summed E-state index contributed by atoms with van der Waals surface area (Å²) in [5.41, 5.74) is 16.5. The maximum Gasteiger partial charge on any atom is 0.164 e. The summed E-state index contributed by atoms with van der Waals surface area (Å²) in [5.74, 6) is 1.91. The van der Waals surface area contributed by atoms with E-state index >= 15 is 0 Å². The maximum atomic E-state index is 5.58. The van der Waals surface area contributed by atoms with Gasteiger partial charge in [-0.15, -0.1) is 0 Å². The van der Waals surface area contributed by atoms with Crippen LogP contribution in [-0.2, 0) is 5.41 Å². The maximum absolute atomic E-state index is 5.58. The molecule has 12 aromatic rings. The van der Waals surface area contributed by atoms with Crippen molar-refractivity contribution in [1.29, 1.82) is 0 Å². The predicted molar refractivity (Wildman–Crippen MR) is 272 cm³/mol. The van der Waals surface area contributed by atoms with Crippen LogP contribution >= 0.6 is 0 Å². The molecule has 310 valence electrons. The number of pyridine rings is 1. The van der Waals surface area contributed by atoms with Gasteiger partial charge in [0.2, 0.25) is 0 Å². The molecule has 0 radical (unpaired) electrons. The van der Waals surface area contributed by atoms with E-state index < -0.39 is 0 Å². The van der Waals surface area contributed by atoms with Crippen molar-refractivity contribution in [1.82, 2.24) is 24.5 Å². The first-order valence-corrected chi connectivity index (χ1v) is 22.6. The van der Waals surface area contributed by atoms with Crippen LogP contribution in [0.1, 0.15) is 25.0 Å². The predicted octanol–water partition coefficient (Wildman–Crippen LogP) is 15.3. The summed E-state index contributed by atoms with van der Waals surface area (Å²) >= 11 is 0. The Hall–Kier alpha value is -8.54. The van der Waals surface area contributed by atoms with Crippen LogP contribution < -0.4 is 0 Å². The average Bonchev–Trinajstić information content (AvgIpc) is 3.83. The lowest BCUT2D eigenvalue weighted by Crippen LogP contribution is -2.15. The summed E-state index contributed by atoms with van der Waals surface area (Å²) < 4.78 is 2.39. The third kappa shape index (κ3) is 5.94. The SMILES string of the molecule is CC1(C)c2ccccc2-c2ccc(-c3nc(-c4ccccc4)nc(-c4ccc(-c5cccc6c5nc(-c5ccccc5)c5cc7c8ccccc8n(-c8ccccc8)c7cc56)cc4)n3)cc21. The van der Waals surface area contributed by atoms with Gasteiger partial charge in [-0.25, -0.2) is 19.9 Å². The second-order valence-electron chi connectivity index (χ2n) is 17.8. The van der Waals surface area contributed by atoms with E-state index in [2.05, 4.69) is 213 Å². The van der Waals surface area contributed by atoms with E-state index in [-0.39, 0.29) is 5.41 Å². The number of hydrogen-bond acceptors (Lipinski definition) is 4. The molecule has 13 rings (SSSR count). The van der Waals surface area contributed by atoms with E-state index in [9.17, 15) is 0 Å². The second-order valence-corrected chi connectivity index (χ2v) is 17.8. The number of para-hydroxylation sites is 3. The molecule has 3 heterocycles. The summed E-state index contributed by atoms with van der Waals surface area (Å²) in [6.45, 7) is 4.61. The molecule has 0 N–H and O–H groups in total. The highest BCUT2D eigenvalue weighted by Crippen LogP contribution is 2.49. The number of rotatable bonds is 6. The molecule has 0 bridgehead atoms. The van der Waals surface area contributed by atoms with Gasteiger partial charge in [0.25, 0.3) is 0 Å². The summed E-state index contributed by atoms with van der Waals surface area (Å²) in [4.78, 5) is 21.0. The highest BCUT2D eigenvalue weighted by Gasteiger charge is 2.35. The summed E-state index contributed by atoms with van der Waals surface area (Å²) in [7, 11) is 0. The van der Waals surface area contributed by atoms with E-state index in [0.29, 0.717) is 17.5 Å². The Labute approximate surface area is 382 Å². The van der Waals surface area contributed by atoms with Gasteiger partial charge < -0.3 is 4.57 Å². The van der Waals surface area contributed by atoms with E-state index in [0.717, 1.165) is 72.0 Å². The topological polar surface area (TPSA) is 56.5 Å². The lowest BCUT2D eigenvalue weighted by molar-refractivity contribution is 0.660. The Morgan fingerprint density at radius 2 is 0.894 bits per heavy atom. The number of fused-ring (bicyclic) bond motifs is 9. The van der Waals surface area contributed by atoms with Crippen LogP contribution in [0.3, 0.4) is 0 Å². The Kier molecular flexibility index (Phi) is 8.49. The van der Waals surface area contributed by atoms with Crippen molar-refractivity contribution in [3.63, 3.8) is 0 Å². The molecule has 0 unspecified atom stereocenters. The van der Waals surface area contributed by atoms with E-state index in [4.69, 9.17) is 19.9 Å². The van der Waals surface area contributed by atoms with Crippen LogP contribution in [0.5, 0.6) is 0 Å². The fraction of sp³-hybridized carbons (Fsp3) is 0.0492. The van der Waals surface area contributed by atoms with Gasteiger partial charge in [0, 0.05) is 60.5 Å². The Balaban J connectivity index is 0.966. The highest BCUT2D eigenvalue weighted by molar-refractivity contribution is 6.21. The zero-order chi connectivity index (χ0) is 43.9. The van der Waals surface area contributed by atoms with E-state index in [1.165, 1.54) is 38.5 Å². The molecule has 0 spiro atoms. The van der Waals surface area contributed by atoms with Gasteiger partial charge in [0.05, 0.1) is 22.2 Å². The molecule has 1 aliphatic carbocycles. The van der Waals surface area contributed by atoms with Crippen molar-refractivity contribution in [3.05, 3.63) is 223 Å². The number of aromatic nitrogens is 5. The van der Waals surface area contributed by atoms with Crippen LogP contribution in [0.4, 0.5) is 0 Å². The van der Waals surface area contributed by atoms with Crippen LogP contribution in [0.25, 0.3) is 117 Å². The second kappa shape index (κ2) is 14.8. The molecule has 9 aromatic carbocycles. The Morgan fingerprint density at radius 1 is 0.333 bits per heavy atom. The van der Waals surface area contributed by atoms with Gasteiger partial charge >= 0.3 is 0 Å². The van der Waals surface area contributed by atoms with Gasteiger partial charge in [0.15, 0.2) is 17.5 Å². The fourth-order valence-electron chi connectivity index (χ4n) is 10.4. The first kappa shape index (κ1) is 38.0. The molecule has 0 saturated heterocycles. The van der Waals surface area contributed by atoms with Crippen LogP contribution in [0, 0.1) is 0 Å². The van der Waals surface area contributed by atoms with Gasteiger partial charge in [-0.2, -0.15) is 0 Å². The van der Waals surface area contributed by atoms with Gasteiger partial charge in [-0.05, 0) is 69.6 Å². The lowest BCUT2D eigenvalue weighted by Gasteiger charge is -2.21. The normalized spacial score (nSPS) is 12.8. The molecule has 5 heteroatoms. The molecule has 5 nitrogen and oxygen atoms in total. The van der Waals surface area contributed by atoms with E-state index in [1.807, 2.05) is 18.2 Å². The lowest BCUT2D eigenvalue weighted by atomic mass is 9.82. The third-order valence-corrected chi connectivity index (χ3v) is 13.6. The van der Waals surface area contributed by atoms with Gasteiger partial charge in [-0.1, -0.05) is 190 Å². The quantitative estimate of drug-likeness (QED) is 0.156. The molecule has 0 fully saturated rings. The largest absolute Gasteiger partial charge is 0.309 e. The summed E-state index contributed by atoms with van der Waals surface area (Å²) in [6.07, 6.45) is 0.